The number of imidazole rings is 1. The fourth-order valence-corrected chi connectivity index (χ4v) is 7.21. The van der Waals surface area contributed by atoms with Crippen molar-refractivity contribution < 1.29 is 18.0 Å². The smallest absolute Gasteiger partial charge is 0.237 e. The number of rotatable bonds is 6. The van der Waals surface area contributed by atoms with Crippen LogP contribution in [0.4, 0.5) is 0 Å². The molecule has 2 aromatic carbocycles. The van der Waals surface area contributed by atoms with Crippen LogP contribution in [-0.2, 0) is 20.6 Å². The number of piperidine rings is 1. The summed E-state index contributed by atoms with van der Waals surface area (Å²) in [7, 11) is -1.60. The summed E-state index contributed by atoms with van der Waals surface area (Å²) in [6, 6.07) is 14.5. The van der Waals surface area contributed by atoms with E-state index in [-0.39, 0.29) is 5.41 Å². The molecule has 1 atom stereocenters. The molecule has 3 aliphatic rings. The van der Waals surface area contributed by atoms with Crippen LogP contribution in [0.25, 0.3) is 11.8 Å². The summed E-state index contributed by atoms with van der Waals surface area (Å²) in [5.41, 5.74) is 5.06. The molecule has 2 saturated heterocycles. The molecule has 9 nitrogen and oxygen atoms in total. The van der Waals surface area contributed by atoms with Crippen LogP contribution in [0, 0.1) is 19.3 Å². The van der Waals surface area contributed by atoms with Crippen LogP contribution in [0.2, 0.25) is 0 Å². The number of hydrogen-bond acceptors (Lipinski definition) is 7. The Hall–Kier alpha value is -3.63. The molecule has 1 unspecified atom stereocenters. The molecule has 3 aliphatic heterocycles. The van der Waals surface area contributed by atoms with Crippen LogP contribution in [0.1, 0.15) is 42.1 Å². The quantitative estimate of drug-likeness (QED) is 0.442. The van der Waals surface area contributed by atoms with Crippen molar-refractivity contribution in [1.29, 1.82) is 0 Å². The molecule has 4 heterocycles. The minimum Gasteiger partial charge on any atom is -0.495 e. The summed E-state index contributed by atoms with van der Waals surface area (Å²) in [5, 5.41) is 4.66. The van der Waals surface area contributed by atoms with Crippen molar-refractivity contribution >= 4 is 21.9 Å². The average Bonchev–Trinajstić information content (AvgIpc) is 3.51. The molecule has 0 aliphatic carbocycles. The van der Waals surface area contributed by atoms with E-state index in [1.54, 1.807) is 17.7 Å². The number of aryl methyl sites for hydroxylation is 2. The maximum absolute atomic E-state index is 12.3. The maximum Gasteiger partial charge on any atom is 0.237 e. The molecule has 40 heavy (non-hydrogen) atoms. The van der Waals surface area contributed by atoms with Gasteiger partial charge in [0, 0.05) is 43.2 Å². The van der Waals surface area contributed by atoms with Gasteiger partial charge in [-0.1, -0.05) is 48.0 Å². The molecule has 210 valence electrons. The first kappa shape index (κ1) is 26.6. The third kappa shape index (κ3) is 4.39. The lowest BCUT2D eigenvalue weighted by Crippen LogP contribution is -2.66. The number of methoxy groups -OCH3 is 1. The molecule has 2 fully saturated rings. The molecule has 3 aromatic rings. The zero-order valence-electron chi connectivity index (χ0n) is 23.6. The summed E-state index contributed by atoms with van der Waals surface area (Å²) < 4.78 is 33.9. The Morgan fingerprint density at radius 2 is 1.85 bits per heavy atom. The number of hydrogen-bond donors (Lipinski definition) is 0. The minimum absolute atomic E-state index is 0.231. The number of fused-ring (bicyclic) bond motifs is 1. The van der Waals surface area contributed by atoms with E-state index in [0.717, 1.165) is 39.7 Å². The van der Waals surface area contributed by atoms with Crippen molar-refractivity contribution in [3.63, 3.8) is 0 Å². The second kappa shape index (κ2) is 9.49. The average molecular weight is 562 g/mol. The van der Waals surface area contributed by atoms with Crippen molar-refractivity contribution in [2.24, 2.45) is 10.6 Å². The third-order valence-electron chi connectivity index (χ3n) is 8.33. The lowest BCUT2D eigenvalue weighted by atomic mass is 9.71. The highest BCUT2D eigenvalue weighted by Crippen LogP contribution is 2.50. The van der Waals surface area contributed by atoms with Crippen molar-refractivity contribution in [2.45, 2.75) is 39.3 Å². The predicted molar refractivity (Wildman–Crippen MR) is 155 cm³/mol. The van der Waals surface area contributed by atoms with Gasteiger partial charge >= 0.3 is 0 Å². The first-order valence-electron chi connectivity index (χ1n) is 13.5. The molecule has 10 heteroatoms. The minimum atomic E-state index is -3.26. The van der Waals surface area contributed by atoms with Crippen molar-refractivity contribution in [3.8, 4) is 11.4 Å². The van der Waals surface area contributed by atoms with E-state index >= 15 is 0 Å². The molecular weight excluding hydrogens is 526 g/mol. The Balaban J connectivity index is 1.41. The fraction of sp³-hybridized carbons (Fsp3) is 0.400. The van der Waals surface area contributed by atoms with Crippen LogP contribution < -0.4 is 4.74 Å². The number of aromatic nitrogens is 2. The van der Waals surface area contributed by atoms with E-state index in [1.807, 2.05) is 29.8 Å². The van der Waals surface area contributed by atoms with Crippen molar-refractivity contribution in [1.82, 2.24) is 18.8 Å². The van der Waals surface area contributed by atoms with Crippen molar-refractivity contribution in [3.05, 3.63) is 82.9 Å². The predicted octanol–water partition coefficient (Wildman–Crippen LogP) is 4.46. The Morgan fingerprint density at radius 1 is 1.10 bits per heavy atom. The monoisotopic (exact) mass is 561 g/mol. The van der Waals surface area contributed by atoms with Gasteiger partial charge in [0.05, 0.1) is 31.1 Å². The molecule has 1 aromatic heterocycles. The molecule has 0 saturated carbocycles. The SMILES string of the molecule is CCC1(c2ccc(C)cc2)ON=C2/C(=C/c3ccc(-n4cnc(C)c4)c(OC)c3)CC3(CN21)CN(S(C)(=O)=O)C3. The molecule has 0 amide bonds. The van der Waals surface area contributed by atoms with E-state index in [0.29, 0.717) is 32.5 Å². The second-order valence-electron chi connectivity index (χ2n) is 11.3. The van der Waals surface area contributed by atoms with E-state index in [9.17, 15) is 8.42 Å². The standard InChI is InChI=1S/C30H35N5O4S/c1-6-30(25-10-7-21(2)8-11-25)35-19-29(17-34(18-29)40(5,36)37)15-24(28(35)32-39-30)13-23-9-12-26(27(14-23)38-4)33-16-22(3)31-20-33/h7-14,16,20H,6,15,17-19H2,1-5H3/b24-13+. The summed E-state index contributed by atoms with van der Waals surface area (Å²) >= 11 is 0. The summed E-state index contributed by atoms with van der Waals surface area (Å²) in [5.74, 6) is 1.53. The van der Waals surface area contributed by atoms with Gasteiger partial charge in [0.15, 0.2) is 5.84 Å². The topological polar surface area (TPSA) is 89.3 Å². The molecule has 6 rings (SSSR count). The lowest BCUT2D eigenvalue weighted by molar-refractivity contribution is -0.128. The van der Waals surface area contributed by atoms with E-state index in [4.69, 9.17) is 9.57 Å². The number of benzene rings is 2. The Labute approximate surface area is 235 Å². The highest BCUT2D eigenvalue weighted by atomic mass is 32.2. The van der Waals surface area contributed by atoms with Gasteiger partial charge in [-0.25, -0.2) is 17.7 Å². The second-order valence-corrected chi connectivity index (χ2v) is 13.3. The van der Waals surface area contributed by atoms with Crippen LogP contribution in [0.15, 0.2) is 65.7 Å². The lowest BCUT2D eigenvalue weighted by Gasteiger charge is -2.55. The third-order valence-corrected chi connectivity index (χ3v) is 9.53. The summed E-state index contributed by atoms with van der Waals surface area (Å²) in [4.78, 5) is 12.9. The Morgan fingerprint density at radius 3 is 2.48 bits per heavy atom. The van der Waals surface area contributed by atoms with Crippen LogP contribution in [-0.4, -0.2) is 66.0 Å². The van der Waals surface area contributed by atoms with Gasteiger partial charge in [0.25, 0.3) is 0 Å². The van der Waals surface area contributed by atoms with Gasteiger partial charge in [-0.2, -0.15) is 0 Å². The number of sulfonamides is 1. The first-order chi connectivity index (χ1) is 19.1. The molecule has 1 spiro atoms. The zero-order chi connectivity index (χ0) is 28.3. The normalized spacial score (nSPS) is 23.1. The van der Waals surface area contributed by atoms with Crippen LogP contribution in [0.3, 0.4) is 0 Å². The number of nitrogens with zero attached hydrogens (tertiary/aromatic N) is 5. The summed E-state index contributed by atoms with van der Waals surface area (Å²) in [6.07, 6.45) is 8.54. The fourth-order valence-electron chi connectivity index (χ4n) is 6.19. The number of oxime groups is 1. The number of ether oxygens (including phenoxy) is 1. The molecular formula is C30H35N5O4S. The van der Waals surface area contributed by atoms with Gasteiger partial charge < -0.3 is 19.0 Å². The van der Waals surface area contributed by atoms with Gasteiger partial charge in [0.2, 0.25) is 15.7 Å². The Kier molecular flexibility index (Phi) is 6.30. The largest absolute Gasteiger partial charge is 0.495 e. The van der Waals surface area contributed by atoms with E-state index < -0.39 is 15.7 Å². The Bertz CT molecular complexity index is 1620. The van der Waals surface area contributed by atoms with Gasteiger partial charge in [0.1, 0.15) is 5.75 Å². The van der Waals surface area contributed by atoms with Crippen molar-refractivity contribution in [2.75, 3.05) is 33.0 Å². The van der Waals surface area contributed by atoms with E-state index in [1.165, 1.54) is 11.8 Å². The molecule has 0 radical (unpaired) electrons. The van der Waals surface area contributed by atoms with Gasteiger partial charge in [-0.15, -0.1) is 0 Å². The van der Waals surface area contributed by atoms with Crippen LogP contribution in [0.5, 0.6) is 5.75 Å². The molecule has 0 N–H and O–H groups in total. The maximum atomic E-state index is 12.3. The van der Waals surface area contributed by atoms with Gasteiger partial charge in [-0.3, -0.25) is 0 Å². The van der Waals surface area contributed by atoms with Gasteiger partial charge in [-0.05, 0) is 49.6 Å². The van der Waals surface area contributed by atoms with E-state index in [2.05, 4.69) is 65.3 Å². The number of amidine groups is 1. The zero-order valence-corrected chi connectivity index (χ0v) is 24.4. The highest BCUT2D eigenvalue weighted by molar-refractivity contribution is 7.88. The highest BCUT2D eigenvalue weighted by Gasteiger charge is 2.58. The molecule has 0 bridgehead atoms. The van der Waals surface area contributed by atoms with Crippen LogP contribution >= 0.6 is 0 Å². The summed E-state index contributed by atoms with van der Waals surface area (Å²) in [6.45, 7) is 7.74. The first-order valence-corrected chi connectivity index (χ1v) is 15.4.